The molecule has 0 saturated heterocycles. The van der Waals surface area contributed by atoms with E-state index < -0.39 is 15.8 Å². The number of hydrogen-bond donors (Lipinski definition) is 0. The maximum Gasteiger partial charge on any atom is 0.268 e. The van der Waals surface area contributed by atoms with Crippen molar-refractivity contribution in [1.82, 2.24) is 3.97 Å². The number of aryl methyl sites for hydroxylation is 1. The van der Waals surface area contributed by atoms with E-state index in [9.17, 15) is 17.6 Å². The number of nitrogens with zero attached hydrogens (tertiary/aromatic N) is 1. The number of carbonyl (C=O) groups excluding carboxylic acids is 1. The minimum atomic E-state index is -3.80. The molecular formula is C19H16FNO3S. The summed E-state index contributed by atoms with van der Waals surface area (Å²) in [4.78, 5) is 11.2. The van der Waals surface area contributed by atoms with Crippen molar-refractivity contribution < 1.29 is 17.6 Å². The highest BCUT2D eigenvalue weighted by Crippen LogP contribution is 2.49. The molecule has 0 aliphatic heterocycles. The molecule has 1 aliphatic carbocycles. The summed E-state index contributed by atoms with van der Waals surface area (Å²) in [5.41, 5.74) is 2.10. The number of fused-ring (bicyclic) bond motifs is 1. The average molecular weight is 357 g/mol. The molecule has 25 heavy (non-hydrogen) atoms. The second-order valence-electron chi connectivity index (χ2n) is 6.50. The van der Waals surface area contributed by atoms with E-state index in [-0.39, 0.29) is 16.7 Å². The number of rotatable bonds is 4. The summed E-state index contributed by atoms with van der Waals surface area (Å²) in [6.45, 7) is 1.88. The molecule has 1 saturated carbocycles. The van der Waals surface area contributed by atoms with Crippen LogP contribution in [0, 0.1) is 18.7 Å². The van der Waals surface area contributed by atoms with Crippen molar-refractivity contribution in [3.63, 3.8) is 0 Å². The van der Waals surface area contributed by atoms with Crippen LogP contribution < -0.4 is 0 Å². The molecular weight excluding hydrogens is 341 g/mol. The van der Waals surface area contributed by atoms with Crippen LogP contribution in [0.25, 0.3) is 10.9 Å². The first-order valence-corrected chi connectivity index (χ1v) is 9.44. The lowest BCUT2D eigenvalue weighted by atomic mass is 10.1. The van der Waals surface area contributed by atoms with Gasteiger partial charge in [0.1, 0.15) is 12.1 Å². The van der Waals surface area contributed by atoms with Gasteiger partial charge in [0, 0.05) is 17.5 Å². The van der Waals surface area contributed by atoms with Crippen LogP contribution in [0.3, 0.4) is 0 Å². The van der Waals surface area contributed by atoms with Crippen molar-refractivity contribution in [2.75, 3.05) is 0 Å². The minimum Gasteiger partial charge on any atom is -0.303 e. The fourth-order valence-electron chi connectivity index (χ4n) is 3.24. The molecule has 2 atom stereocenters. The summed E-state index contributed by atoms with van der Waals surface area (Å²) in [6.07, 6.45) is 3.08. The molecule has 0 unspecified atom stereocenters. The number of carbonyl (C=O) groups is 1. The van der Waals surface area contributed by atoms with E-state index in [1.807, 2.05) is 6.92 Å². The standard InChI is InChI=1S/C19H16FNO3S/c1-12-2-5-15(6-3-12)25(23,24)21-10-18(16-8-13(16)11-22)17-9-14(20)4-7-19(17)21/h2-7,9-11,13,16H,8H2,1H3/t13-,16+/m0/s1. The number of hydrogen-bond acceptors (Lipinski definition) is 3. The highest BCUT2D eigenvalue weighted by atomic mass is 32.2. The van der Waals surface area contributed by atoms with Crippen LogP contribution in [0.2, 0.25) is 0 Å². The Labute approximate surface area is 144 Å². The average Bonchev–Trinajstić information content (AvgIpc) is 3.27. The Morgan fingerprint density at radius 3 is 2.52 bits per heavy atom. The molecule has 1 aromatic heterocycles. The molecule has 0 N–H and O–H groups in total. The van der Waals surface area contributed by atoms with E-state index in [1.165, 1.54) is 28.4 Å². The van der Waals surface area contributed by atoms with Gasteiger partial charge in [-0.25, -0.2) is 16.8 Å². The maximum absolute atomic E-state index is 13.7. The Bertz CT molecular complexity index is 1080. The van der Waals surface area contributed by atoms with Gasteiger partial charge in [0.2, 0.25) is 0 Å². The van der Waals surface area contributed by atoms with Gasteiger partial charge in [-0.2, -0.15) is 0 Å². The van der Waals surface area contributed by atoms with Gasteiger partial charge in [0.15, 0.2) is 0 Å². The highest BCUT2D eigenvalue weighted by molar-refractivity contribution is 7.90. The Hall–Kier alpha value is -2.47. The first kappa shape index (κ1) is 16.0. The van der Waals surface area contributed by atoms with Crippen molar-refractivity contribution in [3.05, 3.63) is 65.6 Å². The number of benzene rings is 2. The van der Waals surface area contributed by atoms with E-state index in [0.717, 1.165) is 11.8 Å². The minimum absolute atomic E-state index is 0.0451. The lowest BCUT2D eigenvalue weighted by Gasteiger charge is -2.08. The molecule has 0 bridgehead atoms. The third-order valence-electron chi connectivity index (χ3n) is 4.76. The molecule has 6 heteroatoms. The van der Waals surface area contributed by atoms with E-state index in [0.29, 0.717) is 22.9 Å². The topological polar surface area (TPSA) is 56.1 Å². The van der Waals surface area contributed by atoms with Crippen LogP contribution in [-0.2, 0) is 14.8 Å². The van der Waals surface area contributed by atoms with Crippen molar-refractivity contribution in [3.8, 4) is 0 Å². The van der Waals surface area contributed by atoms with Crippen molar-refractivity contribution in [2.45, 2.75) is 24.2 Å². The summed E-state index contributed by atoms with van der Waals surface area (Å²) >= 11 is 0. The van der Waals surface area contributed by atoms with Gasteiger partial charge < -0.3 is 4.79 Å². The molecule has 3 aromatic rings. The van der Waals surface area contributed by atoms with E-state index >= 15 is 0 Å². The second-order valence-corrected chi connectivity index (χ2v) is 8.32. The van der Waals surface area contributed by atoms with Crippen LogP contribution >= 0.6 is 0 Å². The number of aldehydes is 1. The van der Waals surface area contributed by atoms with Gasteiger partial charge in [-0.05, 0) is 55.2 Å². The zero-order valence-electron chi connectivity index (χ0n) is 13.5. The normalized spacial score (nSPS) is 19.9. The number of halogens is 1. The molecule has 4 rings (SSSR count). The molecule has 128 valence electrons. The van der Waals surface area contributed by atoms with Gasteiger partial charge in [-0.15, -0.1) is 0 Å². The van der Waals surface area contributed by atoms with Crippen LogP contribution in [0.1, 0.15) is 23.5 Å². The first-order valence-electron chi connectivity index (χ1n) is 8.00. The first-order chi connectivity index (χ1) is 11.9. The van der Waals surface area contributed by atoms with Gasteiger partial charge >= 0.3 is 0 Å². The Morgan fingerprint density at radius 2 is 1.88 bits per heavy atom. The van der Waals surface area contributed by atoms with E-state index in [2.05, 4.69) is 0 Å². The van der Waals surface area contributed by atoms with E-state index in [4.69, 9.17) is 0 Å². The largest absolute Gasteiger partial charge is 0.303 e. The molecule has 1 aliphatic rings. The number of aromatic nitrogens is 1. The van der Waals surface area contributed by atoms with Gasteiger partial charge in [-0.3, -0.25) is 0 Å². The summed E-state index contributed by atoms with van der Waals surface area (Å²) in [7, 11) is -3.80. The predicted octanol–water partition coefficient (Wildman–Crippen LogP) is 3.63. The zero-order valence-corrected chi connectivity index (χ0v) is 14.3. The van der Waals surface area contributed by atoms with Gasteiger partial charge in [0.25, 0.3) is 10.0 Å². The fourth-order valence-corrected chi connectivity index (χ4v) is 4.62. The Morgan fingerprint density at radius 1 is 1.16 bits per heavy atom. The van der Waals surface area contributed by atoms with Crippen LogP contribution in [0.15, 0.2) is 53.6 Å². The molecule has 0 amide bonds. The third kappa shape index (κ3) is 2.57. The smallest absolute Gasteiger partial charge is 0.268 e. The Kier molecular flexibility index (Phi) is 3.54. The van der Waals surface area contributed by atoms with Crippen LogP contribution in [0.5, 0.6) is 0 Å². The quantitative estimate of drug-likeness (QED) is 0.670. The fraction of sp³-hybridized carbons (Fsp3) is 0.211. The molecule has 4 nitrogen and oxygen atoms in total. The zero-order chi connectivity index (χ0) is 17.8. The van der Waals surface area contributed by atoms with Crippen LogP contribution in [-0.4, -0.2) is 18.7 Å². The maximum atomic E-state index is 13.7. The Balaban J connectivity index is 1.93. The van der Waals surface area contributed by atoms with Crippen molar-refractivity contribution in [1.29, 1.82) is 0 Å². The summed E-state index contributed by atoms with van der Waals surface area (Å²) < 4.78 is 41.0. The molecule has 2 aromatic carbocycles. The second kappa shape index (κ2) is 5.52. The molecule has 1 fully saturated rings. The highest BCUT2D eigenvalue weighted by Gasteiger charge is 2.40. The summed E-state index contributed by atoms with van der Waals surface area (Å²) in [5.74, 6) is -0.594. The lowest BCUT2D eigenvalue weighted by Crippen LogP contribution is -2.11. The third-order valence-corrected chi connectivity index (χ3v) is 6.44. The molecule has 0 radical (unpaired) electrons. The predicted molar refractivity (Wildman–Crippen MR) is 92.6 cm³/mol. The van der Waals surface area contributed by atoms with Crippen LogP contribution in [0.4, 0.5) is 4.39 Å². The monoisotopic (exact) mass is 357 g/mol. The summed E-state index contributed by atoms with van der Waals surface area (Å²) in [5, 5.41) is 0.546. The van der Waals surface area contributed by atoms with Crippen molar-refractivity contribution >= 4 is 27.2 Å². The molecule has 1 heterocycles. The lowest BCUT2D eigenvalue weighted by molar-refractivity contribution is -0.108. The SMILES string of the molecule is Cc1ccc(S(=O)(=O)n2cc([C@@H]3C[C@H]3C=O)c3cc(F)ccc32)cc1. The van der Waals surface area contributed by atoms with Gasteiger partial charge in [-0.1, -0.05) is 17.7 Å². The van der Waals surface area contributed by atoms with Gasteiger partial charge in [0.05, 0.1) is 10.4 Å². The van der Waals surface area contributed by atoms with E-state index in [1.54, 1.807) is 24.3 Å². The molecule has 0 spiro atoms. The van der Waals surface area contributed by atoms with Crippen molar-refractivity contribution in [2.24, 2.45) is 5.92 Å². The summed E-state index contributed by atoms with van der Waals surface area (Å²) in [6, 6.07) is 10.7.